The van der Waals surface area contributed by atoms with Gasteiger partial charge >= 0.3 is 0 Å². The molecule has 0 radical (unpaired) electrons. The van der Waals surface area contributed by atoms with Crippen molar-refractivity contribution in [3.8, 4) is 0 Å². The van der Waals surface area contributed by atoms with Crippen LogP contribution in [-0.4, -0.2) is 34.2 Å². The summed E-state index contributed by atoms with van der Waals surface area (Å²) in [5.74, 6) is -0.560. The Kier molecular flexibility index (Phi) is 3.49. The number of hydrogen-bond acceptors (Lipinski definition) is 2. The van der Waals surface area contributed by atoms with Gasteiger partial charge < -0.3 is 9.47 Å². The number of ketones is 1. The number of halogens is 1. The zero-order chi connectivity index (χ0) is 15.0. The van der Waals surface area contributed by atoms with Crippen LogP contribution in [0.2, 0.25) is 0 Å². The van der Waals surface area contributed by atoms with Crippen molar-refractivity contribution in [2.45, 2.75) is 26.3 Å². The van der Waals surface area contributed by atoms with Gasteiger partial charge in [0, 0.05) is 30.2 Å². The highest BCUT2D eigenvalue weighted by atomic mass is 19.1. The van der Waals surface area contributed by atoms with Crippen LogP contribution in [0.25, 0.3) is 10.9 Å². The van der Waals surface area contributed by atoms with Crippen LogP contribution in [0.4, 0.5) is 4.39 Å². The van der Waals surface area contributed by atoms with Crippen LogP contribution in [0, 0.1) is 5.82 Å². The average Bonchev–Trinajstić information content (AvgIpc) is 3.07. The number of Topliss-reactive ketones (excluding diaryl/α,β-unsaturated/α-hetero) is 1. The predicted molar refractivity (Wildman–Crippen MR) is 77.7 cm³/mol. The van der Waals surface area contributed by atoms with E-state index in [-0.39, 0.29) is 18.2 Å². The average molecular weight is 288 g/mol. The van der Waals surface area contributed by atoms with Crippen molar-refractivity contribution >= 4 is 22.6 Å². The number of carbonyl (C=O) groups excluding carboxylic acids is 2. The van der Waals surface area contributed by atoms with Crippen molar-refractivity contribution < 1.29 is 14.0 Å². The molecular weight excluding hydrogens is 271 g/mol. The maximum atomic E-state index is 14.1. The number of aromatic nitrogens is 1. The minimum atomic E-state index is -0.408. The first-order chi connectivity index (χ1) is 10.1. The number of para-hydroxylation sites is 1. The lowest BCUT2D eigenvalue weighted by Gasteiger charge is -2.16. The lowest BCUT2D eigenvalue weighted by molar-refractivity contribution is -0.130. The van der Waals surface area contributed by atoms with Crippen LogP contribution in [0.5, 0.6) is 0 Å². The third kappa shape index (κ3) is 2.44. The molecule has 1 fully saturated rings. The van der Waals surface area contributed by atoms with Gasteiger partial charge in [-0.05, 0) is 25.8 Å². The van der Waals surface area contributed by atoms with E-state index in [0.29, 0.717) is 16.5 Å². The molecule has 3 rings (SSSR count). The highest BCUT2D eigenvalue weighted by Crippen LogP contribution is 2.25. The SMILES string of the molecule is CC(=O)c1cn(CC(=O)N2CCCC2)c2c(F)cccc12. The van der Waals surface area contributed by atoms with Gasteiger partial charge in [-0.2, -0.15) is 0 Å². The Labute approximate surface area is 122 Å². The van der Waals surface area contributed by atoms with Crippen LogP contribution < -0.4 is 0 Å². The largest absolute Gasteiger partial charge is 0.341 e. The quantitative estimate of drug-likeness (QED) is 0.815. The second-order valence-electron chi connectivity index (χ2n) is 5.45. The zero-order valence-corrected chi connectivity index (χ0v) is 11.9. The molecule has 1 aromatic carbocycles. The van der Waals surface area contributed by atoms with E-state index in [0.717, 1.165) is 25.9 Å². The second-order valence-corrected chi connectivity index (χ2v) is 5.45. The summed E-state index contributed by atoms with van der Waals surface area (Å²) in [7, 11) is 0. The lowest BCUT2D eigenvalue weighted by atomic mass is 10.1. The first-order valence-corrected chi connectivity index (χ1v) is 7.14. The summed E-state index contributed by atoms with van der Waals surface area (Å²) in [6.07, 6.45) is 3.63. The smallest absolute Gasteiger partial charge is 0.242 e. The zero-order valence-electron chi connectivity index (χ0n) is 11.9. The molecule has 1 saturated heterocycles. The molecule has 21 heavy (non-hydrogen) atoms. The predicted octanol–water partition coefficient (Wildman–Crippen LogP) is 2.61. The molecule has 0 unspecified atom stereocenters. The maximum absolute atomic E-state index is 14.1. The second kappa shape index (κ2) is 5.31. The van der Waals surface area contributed by atoms with Gasteiger partial charge in [-0.15, -0.1) is 0 Å². The van der Waals surface area contributed by atoms with Gasteiger partial charge in [0.15, 0.2) is 5.78 Å². The van der Waals surface area contributed by atoms with Crippen LogP contribution in [0.15, 0.2) is 24.4 Å². The summed E-state index contributed by atoms with van der Waals surface area (Å²) in [5.41, 5.74) is 0.786. The van der Waals surface area contributed by atoms with Crippen LogP contribution in [0.1, 0.15) is 30.1 Å². The van der Waals surface area contributed by atoms with E-state index >= 15 is 0 Å². The van der Waals surface area contributed by atoms with Crippen molar-refractivity contribution in [3.05, 3.63) is 35.8 Å². The van der Waals surface area contributed by atoms with E-state index in [2.05, 4.69) is 0 Å². The first kappa shape index (κ1) is 13.8. The Balaban J connectivity index is 2.01. The first-order valence-electron chi connectivity index (χ1n) is 7.14. The number of benzene rings is 1. The number of hydrogen-bond donors (Lipinski definition) is 0. The number of carbonyl (C=O) groups is 2. The van der Waals surface area contributed by atoms with Gasteiger partial charge in [0.1, 0.15) is 12.4 Å². The van der Waals surface area contributed by atoms with Gasteiger partial charge in [0.2, 0.25) is 5.91 Å². The topological polar surface area (TPSA) is 42.3 Å². The summed E-state index contributed by atoms with van der Waals surface area (Å²) in [6.45, 7) is 3.05. The Hall–Kier alpha value is -2.17. The van der Waals surface area contributed by atoms with E-state index in [9.17, 15) is 14.0 Å². The highest BCUT2D eigenvalue weighted by Gasteiger charge is 2.21. The molecule has 0 atom stereocenters. The van der Waals surface area contributed by atoms with E-state index in [4.69, 9.17) is 0 Å². The molecule has 4 nitrogen and oxygen atoms in total. The van der Waals surface area contributed by atoms with Gasteiger partial charge in [-0.25, -0.2) is 4.39 Å². The normalized spacial score (nSPS) is 14.9. The molecule has 110 valence electrons. The molecule has 0 N–H and O–H groups in total. The monoisotopic (exact) mass is 288 g/mol. The van der Waals surface area contributed by atoms with Crippen molar-refractivity contribution in [2.24, 2.45) is 0 Å². The minimum absolute atomic E-state index is 0.0252. The molecule has 0 saturated carbocycles. The summed E-state index contributed by atoms with van der Waals surface area (Å²) < 4.78 is 15.7. The molecule has 1 aliphatic rings. The maximum Gasteiger partial charge on any atom is 0.242 e. The summed E-state index contributed by atoms with van der Waals surface area (Å²) in [4.78, 5) is 25.7. The van der Waals surface area contributed by atoms with Gasteiger partial charge in [0.25, 0.3) is 0 Å². The van der Waals surface area contributed by atoms with Gasteiger partial charge in [0.05, 0.1) is 5.52 Å². The number of rotatable bonds is 3. The summed E-state index contributed by atoms with van der Waals surface area (Å²) >= 11 is 0. The molecule has 0 aliphatic carbocycles. The molecule has 1 aliphatic heterocycles. The molecule has 2 aromatic rings. The Bertz CT molecular complexity index is 714. The van der Waals surface area contributed by atoms with Crippen LogP contribution in [0.3, 0.4) is 0 Å². The van der Waals surface area contributed by atoms with Gasteiger partial charge in [-0.1, -0.05) is 12.1 Å². The molecule has 5 heteroatoms. The van der Waals surface area contributed by atoms with Crippen molar-refractivity contribution in [1.82, 2.24) is 9.47 Å². The molecule has 1 aromatic heterocycles. The van der Waals surface area contributed by atoms with Crippen LogP contribution >= 0.6 is 0 Å². The highest BCUT2D eigenvalue weighted by molar-refractivity contribution is 6.07. The van der Waals surface area contributed by atoms with Gasteiger partial charge in [-0.3, -0.25) is 9.59 Å². The van der Waals surface area contributed by atoms with E-state index < -0.39 is 5.82 Å². The van der Waals surface area contributed by atoms with E-state index in [1.807, 2.05) is 0 Å². The fourth-order valence-electron chi connectivity index (χ4n) is 2.93. The summed E-state index contributed by atoms with van der Waals surface area (Å²) in [6, 6.07) is 4.64. The van der Waals surface area contributed by atoms with Crippen molar-refractivity contribution in [1.29, 1.82) is 0 Å². The Morgan fingerprint density at radius 1 is 1.24 bits per heavy atom. The number of fused-ring (bicyclic) bond motifs is 1. The summed E-state index contributed by atoms with van der Waals surface area (Å²) in [5, 5.41) is 0.566. The fraction of sp³-hybridized carbons (Fsp3) is 0.375. The van der Waals surface area contributed by atoms with E-state index in [1.54, 1.807) is 27.8 Å². The number of likely N-dealkylation sites (tertiary alicyclic amines) is 1. The van der Waals surface area contributed by atoms with E-state index in [1.165, 1.54) is 13.0 Å². The van der Waals surface area contributed by atoms with Crippen LogP contribution in [-0.2, 0) is 11.3 Å². The Morgan fingerprint density at radius 2 is 1.95 bits per heavy atom. The standard InChI is InChI=1S/C16H17FN2O2/c1-11(20)13-9-19(10-15(21)18-7-2-3-8-18)16-12(13)5-4-6-14(16)17/h4-6,9H,2-3,7-8,10H2,1H3. The Morgan fingerprint density at radius 3 is 2.62 bits per heavy atom. The van der Waals surface area contributed by atoms with Crippen molar-refractivity contribution in [2.75, 3.05) is 13.1 Å². The van der Waals surface area contributed by atoms with Crippen molar-refractivity contribution in [3.63, 3.8) is 0 Å². The minimum Gasteiger partial charge on any atom is -0.341 e. The molecule has 2 heterocycles. The molecule has 1 amide bonds. The number of nitrogens with zero attached hydrogens (tertiary/aromatic N) is 2. The molecule has 0 spiro atoms. The lowest BCUT2D eigenvalue weighted by Crippen LogP contribution is -2.30. The molecule has 0 bridgehead atoms. The molecular formula is C16H17FN2O2. The fourth-order valence-corrected chi connectivity index (χ4v) is 2.93. The number of amides is 1. The third-order valence-corrected chi connectivity index (χ3v) is 3.99. The third-order valence-electron chi connectivity index (χ3n) is 3.99.